The van der Waals surface area contributed by atoms with Crippen LogP contribution in [0.4, 0.5) is 4.79 Å². The van der Waals surface area contributed by atoms with Crippen molar-refractivity contribution >= 4 is 74.2 Å². The highest BCUT2D eigenvalue weighted by atomic mass is 127. The summed E-state index contributed by atoms with van der Waals surface area (Å²) >= 11 is 5.44. The Kier molecular flexibility index (Phi) is 6.85. The summed E-state index contributed by atoms with van der Waals surface area (Å²) in [6, 6.07) is 11.8. The third-order valence-electron chi connectivity index (χ3n) is 3.94. The Labute approximate surface area is 190 Å². The molecular weight excluding hydrogens is 588 g/mol. The van der Waals surface area contributed by atoms with Gasteiger partial charge in [0.15, 0.2) is 0 Å². The second-order valence-electron chi connectivity index (χ2n) is 6.00. The minimum Gasteiger partial charge on any atom is -0.492 e. The maximum atomic E-state index is 12.7. The van der Waals surface area contributed by atoms with Crippen molar-refractivity contribution in [2.75, 3.05) is 6.61 Å². The maximum Gasteiger partial charge on any atom is 0.293 e. The smallest absolute Gasteiger partial charge is 0.293 e. The molecular formula is C20H17I2NO3S. The topological polar surface area (TPSA) is 46.6 Å². The second-order valence-corrected chi connectivity index (χ2v) is 9.32. The van der Waals surface area contributed by atoms with Gasteiger partial charge in [-0.15, -0.1) is 0 Å². The molecule has 0 saturated carbocycles. The van der Waals surface area contributed by atoms with Crippen molar-refractivity contribution in [1.82, 2.24) is 4.90 Å². The average Bonchev–Trinajstić information content (AvgIpc) is 2.87. The molecule has 0 atom stereocenters. The van der Waals surface area contributed by atoms with E-state index in [1.807, 2.05) is 50.2 Å². The van der Waals surface area contributed by atoms with Crippen LogP contribution in [0.1, 0.15) is 23.6 Å². The second kappa shape index (κ2) is 8.95. The minimum absolute atomic E-state index is 0.234. The lowest BCUT2D eigenvalue weighted by atomic mass is 10.1. The number of hydrogen-bond acceptors (Lipinski definition) is 4. The molecule has 140 valence electrons. The Morgan fingerprint density at radius 2 is 1.74 bits per heavy atom. The fourth-order valence-corrected chi connectivity index (χ4v) is 5.57. The third-order valence-corrected chi connectivity index (χ3v) is 6.45. The molecule has 0 aliphatic carbocycles. The molecule has 0 unspecified atom stereocenters. The molecule has 1 saturated heterocycles. The molecule has 1 aliphatic rings. The normalized spacial score (nSPS) is 15.7. The van der Waals surface area contributed by atoms with E-state index in [0.29, 0.717) is 18.1 Å². The van der Waals surface area contributed by atoms with Crippen LogP contribution in [-0.4, -0.2) is 22.7 Å². The van der Waals surface area contributed by atoms with Gasteiger partial charge in [-0.1, -0.05) is 29.8 Å². The first-order valence-electron chi connectivity index (χ1n) is 8.31. The Balaban J connectivity index is 1.82. The first-order chi connectivity index (χ1) is 12.9. The van der Waals surface area contributed by atoms with Crippen LogP contribution in [0.15, 0.2) is 41.3 Å². The summed E-state index contributed by atoms with van der Waals surface area (Å²) in [6.07, 6.45) is 1.78. The third kappa shape index (κ3) is 4.86. The molecule has 0 N–H and O–H groups in total. The monoisotopic (exact) mass is 605 g/mol. The molecule has 4 nitrogen and oxygen atoms in total. The Bertz CT molecular complexity index is 902. The number of aryl methyl sites for hydroxylation is 1. The average molecular weight is 605 g/mol. The van der Waals surface area contributed by atoms with E-state index >= 15 is 0 Å². The van der Waals surface area contributed by atoms with Gasteiger partial charge in [-0.3, -0.25) is 14.5 Å². The standard InChI is InChI=1S/C20H17I2NO3S/c1-3-26-18-15(21)8-14(9-16(18)22)10-17-19(24)23(20(25)27-17)11-13-6-4-12(2)5-7-13/h4-10H,3,11H2,1-2H3/b17-10-. The zero-order valence-corrected chi connectivity index (χ0v) is 19.9. The van der Waals surface area contributed by atoms with Gasteiger partial charge in [0.25, 0.3) is 11.1 Å². The molecule has 3 rings (SSSR count). The summed E-state index contributed by atoms with van der Waals surface area (Å²) in [4.78, 5) is 26.8. The van der Waals surface area contributed by atoms with Crippen LogP contribution in [0.5, 0.6) is 5.75 Å². The molecule has 7 heteroatoms. The van der Waals surface area contributed by atoms with Crippen LogP contribution in [-0.2, 0) is 11.3 Å². The van der Waals surface area contributed by atoms with E-state index in [0.717, 1.165) is 41.3 Å². The molecule has 1 fully saturated rings. The molecule has 0 radical (unpaired) electrons. The highest BCUT2D eigenvalue weighted by molar-refractivity contribution is 14.1. The summed E-state index contributed by atoms with van der Waals surface area (Å²) < 4.78 is 7.61. The highest BCUT2D eigenvalue weighted by Crippen LogP contribution is 2.35. The van der Waals surface area contributed by atoms with Crippen molar-refractivity contribution in [3.8, 4) is 5.75 Å². The van der Waals surface area contributed by atoms with Crippen molar-refractivity contribution in [3.05, 3.63) is 65.1 Å². The van der Waals surface area contributed by atoms with Gasteiger partial charge in [-0.2, -0.15) is 0 Å². The summed E-state index contributed by atoms with van der Waals surface area (Å²) in [7, 11) is 0. The number of thioether (sulfide) groups is 1. The van der Waals surface area contributed by atoms with Crippen LogP contribution >= 0.6 is 56.9 Å². The largest absolute Gasteiger partial charge is 0.492 e. The number of carbonyl (C=O) groups is 2. The number of benzene rings is 2. The lowest BCUT2D eigenvalue weighted by Crippen LogP contribution is -2.27. The minimum atomic E-state index is -0.246. The number of nitrogens with zero attached hydrogens (tertiary/aromatic N) is 1. The summed E-state index contributed by atoms with van der Waals surface area (Å²) in [5.74, 6) is 0.604. The maximum absolute atomic E-state index is 12.7. The van der Waals surface area contributed by atoms with Gasteiger partial charge in [0.05, 0.1) is 25.2 Å². The van der Waals surface area contributed by atoms with Crippen LogP contribution < -0.4 is 4.74 Å². The van der Waals surface area contributed by atoms with Crippen LogP contribution in [0.2, 0.25) is 0 Å². The lowest BCUT2D eigenvalue weighted by Gasteiger charge is -2.12. The molecule has 0 spiro atoms. The quantitative estimate of drug-likeness (QED) is 0.318. The predicted octanol–water partition coefficient (Wildman–Crippen LogP) is 5.84. The number of ether oxygens (including phenoxy) is 1. The lowest BCUT2D eigenvalue weighted by molar-refractivity contribution is -0.123. The highest BCUT2D eigenvalue weighted by Gasteiger charge is 2.35. The van der Waals surface area contributed by atoms with Gasteiger partial charge in [0, 0.05) is 0 Å². The SMILES string of the molecule is CCOc1c(I)cc(/C=C2\SC(=O)N(Cc3ccc(C)cc3)C2=O)cc1I. The van der Waals surface area contributed by atoms with Crippen LogP contribution in [0, 0.1) is 14.1 Å². The van der Waals surface area contributed by atoms with Gasteiger partial charge in [0.1, 0.15) is 5.75 Å². The van der Waals surface area contributed by atoms with Gasteiger partial charge < -0.3 is 4.74 Å². The van der Waals surface area contributed by atoms with Crippen LogP contribution in [0.3, 0.4) is 0 Å². The first-order valence-corrected chi connectivity index (χ1v) is 11.3. The molecule has 1 aliphatic heterocycles. The van der Waals surface area contributed by atoms with Gasteiger partial charge in [-0.05, 0) is 100 Å². The zero-order chi connectivity index (χ0) is 19.6. The van der Waals surface area contributed by atoms with E-state index in [4.69, 9.17) is 4.74 Å². The van der Waals surface area contributed by atoms with E-state index in [-0.39, 0.29) is 11.1 Å². The van der Waals surface area contributed by atoms with Crippen molar-refractivity contribution in [2.45, 2.75) is 20.4 Å². The van der Waals surface area contributed by atoms with Crippen molar-refractivity contribution in [3.63, 3.8) is 0 Å². The van der Waals surface area contributed by atoms with E-state index < -0.39 is 0 Å². The van der Waals surface area contributed by atoms with Crippen molar-refractivity contribution in [2.24, 2.45) is 0 Å². The van der Waals surface area contributed by atoms with E-state index in [1.54, 1.807) is 6.08 Å². The first kappa shape index (κ1) is 20.7. The molecule has 27 heavy (non-hydrogen) atoms. The summed E-state index contributed by atoms with van der Waals surface area (Å²) in [6.45, 7) is 4.85. The van der Waals surface area contributed by atoms with E-state index in [1.165, 1.54) is 4.90 Å². The fraction of sp³-hybridized carbons (Fsp3) is 0.200. The number of rotatable bonds is 5. The summed E-state index contributed by atoms with van der Waals surface area (Å²) in [5, 5.41) is -0.234. The molecule has 2 aromatic rings. The van der Waals surface area contributed by atoms with Crippen molar-refractivity contribution in [1.29, 1.82) is 0 Å². The predicted molar refractivity (Wildman–Crippen MR) is 126 cm³/mol. The number of hydrogen-bond donors (Lipinski definition) is 0. The Hall–Kier alpha value is -1.07. The Morgan fingerprint density at radius 3 is 2.33 bits per heavy atom. The van der Waals surface area contributed by atoms with Crippen LogP contribution in [0.25, 0.3) is 6.08 Å². The van der Waals surface area contributed by atoms with Crippen molar-refractivity contribution < 1.29 is 14.3 Å². The number of amides is 2. The Morgan fingerprint density at radius 1 is 1.11 bits per heavy atom. The molecule has 0 aromatic heterocycles. The fourth-order valence-electron chi connectivity index (χ4n) is 2.61. The van der Waals surface area contributed by atoms with E-state index in [2.05, 4.69) is 45.2 Å². The molecule has 0 bridgehead atoms. The molecule has 1 heterocycles. The molecule has 2 aromatic carbocycles. The van der Waals surface area contributed by atoms with Gasteiger partial charge in [0.2, 0.25) is 0 Å². The van der Waals surface area contributed by atoms with Gasteiger partial charge >= 0.3 is 0 Å². The molecule has 2 amide bonds. The zero-order valence-electron chi connectivity index (χ0n) is 14.8. The number of carbonyl (C=O) groups excluding carboxylic acids is 2. The van der Waals surface area contributed by atoms with Gasteiger partial charge in [-0.25, -0.2) is 0 Å². The van der Waals surface area contributed by atoms with E-state index in [9.17, 15) is 9.59 Å². The summed E-state index contributed by atoms with van der Waals surface area (Å²) in [5.41, 5.74) is 2.97. The number of imide groups is 1. The number of halogens is 2.